The van der Waals surface area contributed by atoms with Gasteiger partial charge in [-0.15, -0.1) is 5.10 Å². The Morgan fingerprint density at radius 2 is 2.04 bits per heavy atom. The van der Waals surface area contributed by atoms with Crippen molar-refractivity contribution in [2.45, 2.75) is 58.0 Å². The van der Waals surface area contributed by atoms with E-state index in [0.29, 0.717) is 5.92 Å². The summed E-state index contributed by atoms with van der Waals surface area (Å²) in [5.41, 5.74) is 1.94. The monoisotopic (exact) mass is 387 g/mol. The molecule has 1 aliphatic heterocycles. The second kappa shape index (κ2) is 7.20. The first kappa shape index (κ1) is 18.4. The highest BCUT2D eigenvalue weighted by Gasteiger charge is 2.27. The lowest BCUT2D eigenvalue weighted by molar-refractivity contribution is 0.185. The maximum atomic E-state index is 6.08. The highest BCUT2D eigenvalue weighted by atomic mass is 35.5. The lowest BCUT2D eigenvalue weighted by Crippen LogP contribution is -2.36. The second-order valence-electron chi connectivity index (χ2n) is 8.01. The largest absolute Gasteiger partial charge is 0.342 e. The van der Waals surface area contributed by atoms with E-state index in [1.54, 1.807) is 0 Å². The molecule has 0 saturated carbocycles. The van der Waals surface area contributed by atoms with E-state index < -0.39 is 0 Å². The van der Waals surface area contributed by atoms with Crippen molar-refractivity contribution in [2.75, 3.05) is 13.1 Å². The van der Waals surface area contributed by atoms with Crippen LogP contribution >= 0.6 is 11.6 Å². The van der Waals surface area contributed by atoms with Crippen LogP contribution in [0.1, 0.15) is 57.6 Å². The fraction of sp³-hybridized carbons (Fsp3) is 0.579. The SMILES string of the molecule is CCC(C)(C)n1nnnc1CN1CCC(c2nc3ccc(Cl)cc3[nH]2)CC1. The molecule has 0 spiro atoms. The van der Waals surface area contributed by atoms with Crippen LogP contribution < -0.4 is 0 Å². The van der Waals surface area contributed by atoms with Gasteiger partial charge in [0.1, 0.15) is 5.82 Å². The summed E-state index contributed by atoms with van der Waals surface area (Å²) in [7, 11) is 0. The number of imidazole rings is 1. The Morgan fingerprint density at radius 1 is 1.26 bits per heavy atom. The number of nitrogens with one attached hydrogen (secondary N) is 1. The Labute approximate surface area is 164 Å². The van der Waals surface area contributed by atoms with Gasteiger partial charge in [-0.1, -0.05) is 18.5 Å². The van der Waals surface area contributed by atoms with Gasteiger partial charge >= 0.3 is 0 Å². The zero-order valence-electron chi connectivity index (χ0n) is 16.1. The number of aromatic amines is 1. The summed E-state index contributed by atoms with van der Waals surface area (Å²) in [6.45, 7) is 9.33. The number of H-pyrrole nitrogens is 1. The van der Waals surface area contributed by atoms with Crippen LogP contribution in [-0.4, -0.2) is 48.2 Å². The number of nitrogens with zero attached hydrogens (tertiary/aromatic N) is 6. The molecule has 1 saturated heterocycles. The van der Waals surface area contributed by atoms with Gasteiger partial charge in [0.2, 0.25) is 0 Å². The third-order valence-corrected chi connectivity index (χ3v) is 6.01. The molecule has 0 atom stereocenters. The van der Waals surface area contributed by atoms with Crippen LogP contribution in [0.3, 0.4) is 0 Å². The smallest absolute Gasteiger partial charge is 0.165 e. The van der Waals surface area contributed by atoms with Crippen molar-refractivity contribution in [1.29, 1.82) is 0 Å². The van der Waals surface area contributed by atoms with E-state index in [4.69, 9.17) is 16.6 Å². The molecule has 144 valence electrons. The number of fused-ring (bicyclic) bond motifs is 1. The number of aromatic nitrogens is 6. The fourth-order valence-electron chi connectivity index (χ4n) is 3.68. The molecular formula is C19H26ClN7. The van der Waals surface area contributed by atoms with Crippen molar-refractivity contribution in [3.05, 3.63) is 34.9 Å². The molecule has 8 heteroatoms. The lowest BCUT2D eigenvalue weighted by atomic mass is 9.96. The minimum absolute atomic E-state index is 0.0628. The number of tetrazole rings is 1. The minimum Gasteiger partial charge on any atom is -0.342 e. The lowest BCUT2D eigenvalue weighted by Gasteiger charge is -2.31. The van der Waals surface area contributed by atoms with Crippen LogP contribution in [-0.2, 0) is 12.1 Å². The van der Waals surface area contributed by atoms with E-state index >= 15 is 0 Å². The minimum atomic E-state index is -0.0628. The van der Waals surface area contributed by atoms with Crippen LogP contribution in [0.4, 0.5) is 0 Å². The second-order valence-corrected chi connectivity index (χ2v) is 8.44. The van der Waals surface area contributed by atoms with Gasteiger partial charge in [0, 0.05) is 10.9 Å². The Kier molecular flexibility index (Phi) is 4.90. The van der Waals surface area contributed by atoms with Gasteiger partial charge in [0.25, 0.3) is 0 Å². The van der Waals surface area contributed by atoms with Gasteiger partial charge in [0.05, 0.1) is 23.1 Å². The third-order valence-electron chi connectivity index (χ3n) is 5.77. The number of hydrogen-bond acceptors (Lipinski definition) is 5. The zero-order valence-corrected chi connectivity index (χ0v) is 16.9. The molecule has 0 unspecified atom stereocenters. The maximum Gasteiger partial charge on any atom is 0.165 e. The topological polar surface area (TPSA) is 75.5 Å². The number of likely N-dealkylation sites (tertiary alicyclic amines) is 1. The number of rotatable bonds is 5. The Bertz CT molecular complexity index is 921. The molecule has 0 radical (unpaired) electrons. The van der Waals surface area contributed by atoms with Gasteiger partial charge < -0.3 is 4.98 Å². The Hall–Kier alpha value is -1.99. The summed E-state index contributed by atoms with van der Waals surface area (Å²) in [6, 6.07) is 5.80. The normalized spacial score (nSPS) is 17.0. The van der Waals surface area contributed by atoms with Crippen molar-refractivity contribution < 1.29 is 0 Å². The van der Waals surface area contributed by atoms with Crippen molar-refractivity contribution in [2.24, 2.45) is 0 Å². The first-order valence-electron chi connectivity index (χ1n) is 9.61. The molecule has 4 rings (SSSR count). The van der Waals surface area contributed by atoms with Crippen molar-refractivity contribution in [3.63, 3.8) is 0 Å². The third kappa shape index (κ3) is 3.71. The van der Waals surface area contributed by atoms with E-state index in [2.05, 4.69) is 46.2 Å². The van der Waals surface area contributed by atoms with Crippen LogP contribution in [0, 0.1) is 0 Å². The summed E-state index contributed by atoms with van der Waals surface area (Å²) < 4.78 is 1.97. The van der Waals surface area contributed by atoms with E-state index in [9.17, 15) is 0 Å². The quantitative estimate of drug-likeness (QED) is 0.721. The molecule has 2 aromatic heterocycles. The van der Waals surface area contributed by atoms with E-state index in [1.165, 1.54) is 0 Å². The van der Waals surface area contributed by atoms with Crippen LogP contribution in [0.5, 0.6) is 0 Å². The highest BCUT2D eigenvalue weighted by molar-refractivity contribution is 6.31. The van der Waals surface area contributed by atoms with Gasteiger partial charge in [-0.25, -0.2) is 9.67 Å². The predicted molar refractivity (Wildman–Crippen MR) is 106 cm³/mol. The van der Waals surface area contributed by atoms with Crippen molar-refractivity contribution in [1.82, 2.24) is 35.1 Å². The fourth-order valence-corrected chi connectivity index (χ4v) is 3.86. The van der Waals surface area contributed by atoms with Gasteiger partial charge in [-0.05, 0) is 74.8 Å². The predicted octanol–water partition coefficient (Wildman–Crippen LogP) is 3.73. The number of piperidine rings is 1. The van der Waals surface area contributed by atoms with E-state index in [1.807, 2.05) is 22.9 Å². The summed E-state index contributed by atoms with van der Waals surface area (Å²) >= 11 is 6.08. The number of hydrogen-bond donors (Lipinski definition) is 1. The summed E-state index contributed by atoms with van der Waals surface area (Å²) in [5, 5.41) is 13.1. The molecule has 1 fully saturated rings. The molecule has 3 aromatic rings. The molecule has 0 bridgehead atoms. The first-order chi connectivity index (χ1) is 13.0. The molecule has 1 aliphatic rings. The van der Waals surface area contributed by atoms with Crippen LogP contribution in [0.2, 0.25) is 5.02 Å². The molecule has 0 aliphatic carbocycles. The van der Waals surface area contributed by atoms with E-state index in [-0.39, 0.29) is 5.54 Å². The zero-order chi connectivity index (χ0) is 19.0. The van der Waals surface area contributed by atoms with Gasteiger partial charge in [0.15, 0.2) is 5.82 Å². The van der Waals surface area contributed by atoms with Gasteiger partial charge in [-0.3, -0.25) is 4.90 Å². The standard InChI is InChI=1S/C19H26ClN7/c1-4-19(2,3)27-17(23-24-25-27)12-26-9-7-13(8-10-26)18-21-15-6-5-14(20)11-16(15)22-18/h5-6,11,13H,4,7-10,12H2,1-3H3,(H,21,22). The Morgan fingerprint density at radius 3 is 2.78 bits per heavy atom. The molecule has 7 nitrogen and oxygen atoms in total. The van der Waals surface area contributed by atoms with Crippen LogP contribution in [0.15, 0.2) is 18.2 Å². The summed E-state index contributed by atoms with van der Waals surface area (Å²) in [6.07, 6.45) is 3.14. The average Bonchev–Trinajstić information content (AvgIpc) is 3.29. The van der Waals surface area contributed by atoms with Crippen LogP contribution in [0.25, 0.3) is 11.0 Å². The first-order valence-corrected chi connectivity index (χ1v) is 9.99. The average molecular weight is 388 g/mol. The highest BCUT2D eigenvalue weighted by Crippen LogP contribution is 2.29. The maximum absolute atomic E-state index is 6.08. The summed E-state index contributed by atoms with van der Waals surface area (Å²) in [5.74, 6) is 2.47. The Balaban J connectivity index is 1.41. The molecule has 27 heavy (non-hydrogen) atoms. The molecule has 0 amide bonds. The van der Waals surface area contributed by atoms with E-state index in [0.717, 1.165) is 66.6 Å². The molecule has 3 heterocycles. The molecule has 1 N–H and O–H groups in total. The van der Waals surface area contributed by atoms with Crippen molar-refractivity contribution >= 4 is 22.6 Å². The summed E-state index contributed by atoms with van der Waals surface area (Å²) in [4.78, 5) is 10.7. The van der Waals surface area contributed by atoms with Crippen molar-refractivity contribution in [3.8, 4) is 0 Å². The van der Waals surface area contributed by atoms with Gasteiger partial charge in [-0.2, -0.15) is 0 Å². The molecular weight excluding hydrogens is 362 g/mol. The number of benzene rings is 1. The molecule has 1 aromatic carbocycles. The number of halogens is 1.